The van der Waals surface area contributed by atoms with Crippen LogP contribution in [0.1, 0.15) is 43.2 Å². The Morgan fingerprint density at radius 1 is 1.19 bits per heavy atom. The number of hydrogen-bond acceptors (Lipinski definition) is 4. The van der Waals surface area contributed by atoms with E-state index in [9.17, 15) is 5.11 Å². The van der Waals surface area contributed by atoms with Crippen LogP contribution in [0, 0.1) is 5.92 Å². The summed E-state index contributed by atoms with van der Waals surface area (Å²) in [6, 6.07) is 4.39. The van der Waals surface area contributed by atoms with Crippen molar-refractivity contribution in [3.05, 3.63) is 23.7 Å². The Hall–Kier alpha value is -0.260. The van der Waals surface area contributed by atoms with Crippen LogP contribution >= 0.6 is 24.8 Å². The van der Waals surface area contributed by atoms with Gasteiger partial charge < -0.3 is 14.8 Å². The fraction of sp³-hybridized carbons (Fsp3) is 0.733. The predicted octanol–water partition coefficient (Wildman–Crippen LogP) is 2.75. The smallest absolute Gasteiger partial charge is 0.129 e. The SMILES string of the molecule is Cl.Cl.OCc1ccc([C@@H](C2CCCC2)N2CCNCC2)o1. The Balaban J connectivity index is 0.00000110. The van der Waals surface area contributed by atoms with E-state index in [4.69, 9.17) is 4.42 Å². The molecule has 1 saturated heterocycles. The van der Waals surface area contributed by atoms with Gasteiger partial charge in [-0.1, -0.05) is 12.8 Å². The fourth-order valence-corrected chi connectivity index (χ4v) is 3.58. The number of hydrogen-bond donors (Lipinski definition) is 2. The van der Waals surface area contributed by atoms with Crippen LogP contribution in [0.5, 0.6) is 0 Å². The normalized spacial score (nSPS) is 21.6. The third-order valence-corrected chi connectivity index (χ3v) is 4.52. The summed E-state index contributed by atoms with van der Waals surface area (Å²) < 4.78 is 5.85. The molecule has 1 aromatic heterocycles. The van der Waals surface area contributed by atoms with Gasteiger partial charge in [-0.25, -0.2) is 0 Å². The first-order valence-electron chi connectivity index (χ1n) is 7.52. The lowest BCUT2D eigenvalue weighted by molar-refractivity contribution is 0.104. The van der Waals surface area contributed by atoms with Crippen LogP contribution in [0.15, 0.2) is 16.5 Å². The summed E-state index contributed by atoms with van der Waals surface area (Å²) in [5, 5.41) is 12.6. The highest BCUT2D eigenvalue weighted by Crippen LogP contribution is 2.40. The number of aliphatic hydroxyl groups excluding tert-OH is 1. The predicted molar refractivity (Wildman–Crippen MR) is 88.3 cm³/mol. The van der Waals surface area contributed by atoms with Crippen molar-refractivity contribution < 1.29 is 9.52 Å². The largest absolute Gasteiger partial charge is 0.462 e. The van der Waals surface area contributed by atoms with Crippen LogP contribution in [-0.2, 0) is 6.61 Å². The molecule has 0 radical (unpaired) electrons. The molecule has 1 atom stereocenters. The van der Waals surface area contributed by atoms with Gasteiger partial charge in [-0.3, -0.25) is 4.90 Å². The van der Waals surface area contributed by atoms with Gasteiger partial charge in [-0.15, -0.1) is 24.8 Å². The number of piperazine rings is 1. The van der Waals surface area contributed by atoms with E-state index in [1.807, 2.05) is 6.07 Å². The van der Waals surface area contributed by atoms with Crippen molar-refractivity contribution in [3.63, 3.8) is 0 Å². The van der Waals surface area contributed by atoms with Crippen molar-refractivity contribution in [1.29, 1.82) is 0 Å². The average molecular weight is 337 g/mol. The summed E-state index contributed by atoms with van der Waals surface area (Å²) in [5.74, 6) is 2.46. The summed E-state index contributed by atoms with van der Waals surface area (Å²) in [6.07, 6.45) is 5.31. The molecule has 1 saturated carbocycles. The lowest BCUT2D eigenvalue weighted by Gasteiger charge is -2.37. The number of rotatable bonds is 4. The van der Waals surface area contributed by atoms with Crippen LogP contribution in [0.4, 0.5) is 0 Å². The molecule has 1 aromatic rings. The molecule has 0 bridgehead atoms. The monoisotopic (exact) mass is 336 g/mol. The molecule has 1 aliphatic carbocycles. The minimum Gasteiger partial charge on any atom is -0.462 e. The van der Waals surface area contributed by atoms with Gasteiger partial charge in [0.05, 0.1) is 6.04 Å². The Labute approximate surface area is 139 Å². The summed E-state index contributed by atoms with van der Waals surface area (Å²) in [7, 11) is 0. The molecule has 0 amide bonds. The maximum Gasteiger partial charge on any atom is 0.129 e. The Bertz CT molecular complexity index is 402. The van der Waals surface area contributed by atoms with E-state index < -0.39 is 0 Å². The van der Waals surface area contributed by atoms with Gasteiger partial charge in [0.15, 0.2) is 0 Å². The molecule has 1 aliphatic heterocycles. The minimum atomic E-state index is -0.00105. The van der Waals surface area contributed by atoms with E-state index in [1.54, 1.807) is 0 Å². The zero-order valence-corrected chi connectivity index (χ0v) is 13.9. The third-order valence-electron chi connectivity index (χ3n) is 4.52. The maximum atomic E-state index is 9.19. The number of aliphatic hydroxyl groups is 1. The van der Waals surface area contributed by atoms with E-state index in [1.165, 1.54) is 25.7 Å². The number of furan rings is 1. The first-order valence-corrected chi connectivity index (χ1v) is 7.52. The summed E-state index contributed by atoms with van der Waals surface area (Å²) in [4.78, 5) is 2.56. The van der Waals surface area contributed by atoms with Gasteiger partial charge in [0.2, 0.25) is 0 Å². The minimum absolute atomic E-state index is 0. The van der Waals surface area contributed by atoms with E-state index in [0.717, 1.165) is 37.9 Å². The van der Waals surface area contributed by atoms with Crippen molar-refractivity contribution in [1.82, 2.24) is 10.2 Å². The van der Waals surface area contributed by atoms with Crippen LogP contribution in [0.3, 0.4) is 0 Å². The summed E-state index contributed by atoms with van der Waals surface area (Å²) >= 11 is 0. The van der Waals surface area contributed by atoms with Crippen molar-refractivity contribution in [2.24, 2.45) is 5.92 Å². The molecule has 0 unspecified atom stereocenters. The molecular formula is C15H26Cl2N2O2. The molecular weight excluding hydrogens is 311 g/mol. The van der Waals surface area contributed by atoms with Gasteiger partial charge in [-0.2, -0.15) is 0 Å². The summed E-state index contributed by atoms with van der Waals surface area (Å²) in [6.45, 7) is 4.32. The zero-order chi connectivity index (χ0) is 13.1. The van der Waals surface area contributed by atoms with Crippen molar-refractivity contribution in [3.8, 4) is 0 Å². The second-order valence-electron chi connectivity index (χ2n) is 5.74. The Kier molecular flexibility index (Phi) is 8.06. The molecule has 4 nitrogen and oxygen atoms in total. The van der Waals surface area contributed by atoms with Gasteiger partial charge in [0, 0.05) is 26.2 Å². The van der Waals surface area contributed by atoms with Gasteiger partial charge in [0.25, 0.3) is 0 Å². The first-order chi connectivity index (χ1) is 9.38. The number of nitrogens with zero attached hydrogens (tertiary/aromatic N) is 1. The molecule has 21 heavy (non-hydrogen) atoms. The first kappa shape index (κ1) is 18.8. The van der Waals surface area contributed by atoms with Crippen LogP contribution < -0.4 is 5.32 Å². The standard InChI is InChI=1S/C15H24N2O2.2ClH/c18-11-13-5-6-14(19-13)15(12-3-1-2-4-12)17-9-7-16-8-10-17;;/h5-6,12,15-16,18H,1-4,7-11H2;2*1H/t15-;;/m1../s1. The third kappa shape index (κ3) is 4.36. The van der Waals surface area contributed by atoms with E-state index >= 15 is 0 Å². The van der Waals surface area contributed by atoms with E-state index in [2.05, 4.69) is 16.3 Å². The second-order valence-corrected chi connectivity index (χ2v) is 5.74. The average Bonchev–Trinajstić information content (AvgIpc) is 3.12. The van der Waals surface area contributed by atoms with Gasteiger partial charge >= 0.3 is 0 Å². The van der Waals surface area contributed by atoms with Crippen molar-refractivity contribution in [2.45, 2.75) is 38.3 Å². The summed E-state index contributed by atoms with van der Waals surface area (Å²) in [5.41, 5.74) is 0. The molecule has 2 fully saturated rings. The van der Waals surface area contributed by atoms with Crippen LogP contribution in [0.2, 0.25) is 0 Å². The Morgan fingerprint density at radius 3 is 2.43 bits per heavy atom. The maximum absolute atomic E-state index is 9.19. The van der Waals surface area contributed by atoms with Crippen LogP contribution in [0.25, 0.3) is 0 Å². The molecule has 0 aromatic carbocycles. The number of nitrogens with one attached hydrogen (secondary N) is 1. The number of halogens is 2. The highest BCUT2D eigenvalue weighted by molar-refractivity contribution is 5.85. The van der Waals surface area contributed by atoms with E-state index in [-0.39, 0.29) is 31.4 Å². The molecule has 0 spiro atoms. The lowest BCUT2D eigenvalue weighted by Crippen LogP contribution is -2.46. The van der Waals surface area contributed by atoms with Crippen LogP contribution in [-0.4, -0.2) is 36.2 Å². The molecule has 2 aliphatic rings. The zero-order valence-electron chi connectivity index (χ0n) is 12.3. The fourth-order valence-electron chi connectivity index (χ4n) is 3.58. The quantitative estimate of drug-likeness (QED) is 0.887. The van der Waals surface area contributed by atoms with E-state index in [0.29, 0.717) is 11.8 Å². The van der Waals surface area contributed by atoms with Gasteiger partial charge in [0.1, 0.15) is 18.1 Å². The lowest BCUT2D eigenvalue weighted by atomic mass is 9.94. The molecule has 6 heteroatoms. The second kappa shape index (κ2) is 9.01. The van der Waals surface area contributed by atoms with Gasteiger partial charge in [-0.05, 0) is 30.9 Å². The van der Waals surface area contributed by atoms with Crippen molar-refractivity contribution in [2.75, 3.05) is 26.2 Å². The highest BCUT2D eigenvalue weighted by Gasteiger charge is 2.33. The topological polar surface area (TPSA) is 48.6 Å². The highest BCUT2D eigenvalue weighted by atomic mass is 35.5. The Morgan fingerprint density at radius 2 is 1.86 bits per heavy atom. The molecule has 2 N–H and O–H groups in total. The molecule has 122 valence electrons. The molecule has 2 heterocycles. The van der Waals surface area contributed by atoms with Crippen molar-refractivity contribution >= 4 is 24.8 Å². The molecule has 3 rings (SSSR count).